The average molecular weight is 442 g/mol. The van der Waals surface area contributed by atoms with Crippen molar-refractivity contribution in [3.8, 4) is 5.75 Å². The highest BCUT2D eigenvalue weighted by atomic mass is 32.2. The maximum atomic E-state index is 12.8. The van der Waals surface area contributed by atoms with E-state index in [1.54, 1.807) is 30.3 Å². The van der Waals surface area contributed by atoms with Crippen molar-refractivity contribution >= 4 is 29.3 Å². The summed E-state index contributed by atoms with van der Waals surface area (Å²) < 4.78 is 30.3. The lowest BCUT2D eigenvalue weighted by Crippen LogP contribution is -2.15. The summed E-state index contributed by atoms with van der Waals surface area (Å²) in [6, 6.07) is 20.7. The number of primary amides is 1. The Morgan fingerprint density at radius 2 is 1.71 bits per heavy atom. The van der Waals surface area contributed by atoms with Crippen molar-refractivity contribution in [1.29, 1.82) is 0 Å². The highest BCUT2D eigenvalue weighted by Gasteiger charge is 2.15. The molecule has 0 spiro atoms. The number of benzene rings is 3. The van der Waals surface area contributed by atoms with Gasteiger partial charge in [0, 0.05) is 22.6 Å². The number of rotatable bonds is 9. The average Bonchev–Trinajstić information content (AvgIpc) is 2.74. The van der Waals surface area contributed by atoms with Gasteiger partial charge in [-0.15, -0.1) is 11.8 Å². The van der Waals surface area contributed by atoms with E-state index in [1.807, 2.05) is 30.3 Å². The van der Waals surface area contributed by atoms with E-state index in [4.69, 9.17) is 5.73 Å². The van der Waals surface area contributed by atoms with Crippen LogP contribution < -0.4 is 15.8 Å². The van der Waals surface area contributed by atoms with Crippen LogP contribution in [-0.4, -0.2) is 24.2 Å². The minimum absolute atomic E-state index is 0.0468. The molecule has 0 radical (unpaired) electrons. The molecule has 8 heteroatoms. The van der Waals surface area contributed by atoms with Crippen LogP contribution >= 0.6 is 11.8 Å². The summed E-state index contributed by atoms with van der Waals surface area (Å²) in [4.78, 5) is 24.5. The molecule has 3 N–H and O–H groups in total. The first-order chi connectivity index (χ1) is 14.9. The van der Waals surface area contributed by atoms with Crippen LogP contribution in [0.3, 0.4) is 0 Å². The van der Waals surface area contributed by atoms with E-state index in [0.29, 0.717) is 28.1 Å². The quantitative estimate of drug-likeness (QED) is 0.471. The SMILES string of the molecule is NC(=O)CSc1ccccc1C(=O)Nc1ccc(OC(F)F)c(Cc2ccccc2)c1. The first-order valence-electron chi connectivity index (χ1n) is 9.35. The molecule has 31 heavy (non-hydrogen) atoms. The number of carbonyl (C=O) groups is 2. The van der Waals surface area contributed by atoms with Gasteiger partial charge in [-0.3, -0.25) is 9.59 Å². The number of thioether (sulfide) groups is 1. The molecule has 3 aromatic rings. The number of carbonyl (C=O) groups excluding carboxylic acids is 2. The van der Waals surface area contributed by atoms with Gasteiger partial charge in [-0.25, -0.2) is 0 Å². The van der Waals surface area contributed by atoms with Crippen molar-refractivity contribution in [1.82, 2.24) is 0 Å². The van der Waals surface area contributed by atoms with Crippen LogP contribution in [0.2, 0.25) is 0 Å². The first-order valence-corrected chi connectivity index (χ1v) is 10.3. The Hall–Kier alpha value is -3.39. The van der Waals surface area contributed by atoms with Gasteiger partial charge >= 0.3 is 6.61 Å². The van der Waals surface area contributed by atoms with Crippen LogP contribution in [0.5, 0.6) is 5.75 Å². The third kappa shape index (κ3) is 6.55. The molecule has 5 nitrogen and oxygen atoms in total. The van der Waals surface area contributed by atoms with E-state index < -0.39 is 12.5 Å². The Balaban J connectivity index is 1.84. The molecule has 0 heterocycles. The van der Waals surface area contributed by atoms with Gasteiger partial charge in [-0.05, 0) is 35.9 Å². The normalized spacial score (nSPS) is 10.7. The molecule has 2 amide bonds. The van der Waals surface area contributed by atoms with E-state index in [1.165, 1.54) is 23.9 Å². The highest BCUT2D eigenvalue weighted by Crippen LogP contribution is 2.28. The molecule has 0 aromatic heterocycles. The summed E-state index contributed by atoms with van der Waals surface area (Å²) in [5, 5.41) is 2.78. The van der Waals surface area contributed by atoms with E-state index in [9.17, 15) is 18.4 Å². The molecule has 3 aromatic carbocycles. The fourth-order valence-corrected chi connectivity index (χ4v) is 3.74. The third-order valence-corrected chi connectivity index (χ3v) is 5.37. The van der Waals surface area contributed by atoms with Gasteiger partial charge in [-0.1, -0.05) is 42.5 Å². The summed E-state index contributed by atoms with van der Waals surface area (Å²) >= 11 is 1.17. The number of halogens is 2. The van der Waals surface area contributed by atoms with Gasteiger partial charge in [0.2, 0.25) is 5.91 Å². The Bertz CT molecular complexity index is 1060. The number of nitrogens with two attached hydrogens (primary N) is 1. The molecular weight excluding hydrogens is 422 g/mol. The maximum absolute atomic E-state index is 12.8. The fourth-order valence-electron chi connectivity index (χ4n) is 2.95. The van der Waals surface area contributed by atoms with Crippen molar-refractivity contribution in [3.63, 3.8) is 0 Å². The van der Waals surface area contributed by atoms with Crippen LogP contribution in [0.25, 0.3) is 0 Å². The van der Waals surface area contributed by atoms with Gasteiger partial charge in [-0.2, -0.15) is 8.78 Å². The van der Waals surface area contributed by atoms with E-state index in [-0.39, 0.29) is 17.4 Å². The van der Waals surface area contributed by atoms with E-state index in [2.05, 4.69) is 10.1 Å². The molecule has 0 aliphatic heterocycles. The molecular formula is C23H20F2N2O3S. The smallest absolute Gasteiger partial charge is 0.387 e. The van der Waals surface area contributed by atoms with Crippen molar-refractivity contribution in [3.05, 3.63) is 89.5 Å². The molecule has 160 valence electrons. The second-order valence-corrected chi connectivity index (χ2v) is 7.59. The summed E-state index contributed by atoms with van der Waals surface area (Å²) in [6.45, 7) is -2.95. The second kappa shape index (κ2) is 10.6. The number of nitrogens with one attached hydrogen (secondary N) is 1. The maximum Gasteiger partial charge on any atom is 0.387 e. The lowest BCUT2D eigenvalue weighted by Gasteiger charge is -2.14. The monoisotopic (exact) mass is 442 g/mol. The minimum Gasteiger partial charge on any atom is -0.435 e. The molecule has 0 unspecified atom stereocenters. The van der Waals surface area contributed by atoms with Crippen molar-refractivity contribution < 1.29 is 23.1 Å². The lowest BCUT2D eigenvalue weighted by molar-refractivity contribution is -0.115. The highest BCUT2D eigenvalue weighted by molar-refractivity contribution is 8.00. The predicted octanol–water partition coefficient (Wildman–Crippen LogP) is 4.71. The zero-order valence-electron chi connectivity index (χ0n) is 16.4. The van der Waals surface area contributed by atoms with Crippen molar-refractivity contribution in [2.24, 2.45) is 5.73 Å². The van der Waals surface area contributed by atoms with Crippen LogP contribution in [0.1, 0.15) is 21.5 Å². The molecule has 0 atom stereocenters. The summed E-state index contributed by atoms with van der Waals surface area (Å²) in [5.74, 6) is -0.777. The molecule has 0 saturated carbocycles. The van der Waals surface area contributed by atoms with Crippen molar-refractivity contribution in [2.45, 2.75) is 17.9 Å². The first kappa shape index (κ1) is 22.3. The number of hydrogen-bond donors (Lipinski definition) is 2. The number of hydrogen-bond acceptors (Lipinski definition) is 4. The molecule has 0 aliphatic carbocycles. The fraction of sp³-hybridized carbons (Fsp3) is 0.130. The zero-order valence-corrected chi connectivity index (χ0v) is 17.2. The molecule has 0 fully saturated rings. The Labute approximate surface area is 182 Å². The number of alkyl halides is 2. The number of anilines is 1. The Morgan fingerprint density at radius 3 is 2.42 bits per heavy atom. The van der Waals surface area contributed by atoms with Gasteiger partial charge in [0.25, 0.3) is 5.91 Å². The summed E-state index contributed by atoms with van der Waals surface area (Å²) in [7, 11) is 0. The van der Waals surface area contributed by atoms with Crippen LogP contribution in [0.15, 0.2) is 77.7 Å². The number of amides is 2. The summed E-state index contributed by atoms with van der Waals surface area (Å²) in [6.07, 6.45) is 0.359. The lowest BCUT2D eigenvalue weighted by atomic mass is 10.0. The van der Waals surface area contributed by atoms with Crippen LogP contribution in [-0.2, 0) is 11.2 Å². The third-order valence-electron chi connectivity index (χ3n) is 4.27. The molecule has 0 saturated heterocycles. The largest absolute Gasteiger partial charge is 0.435 e. The summed E-state index contributed by atoms with van der Waals surface area (Å²) in [5.41, 5.74) is 7.44. The Morgan fingerprint density at radius 1 is 1.00 bits per heavy atom. The van der Waals surface area contributed by atoms with Gasteiger partial charge in [0.05, 0.1) is 11.3 Å². The van der Waals surface area contributed by atoms with Crippen molar-refractivity contribution in [2.75, 3.05) is 11.1 Å². The van der Waals surface area contributed by atoms with Gasteiger partial charge in [0.15, 0.2) is 0 Å². The van der Waals surface area contributed by atoms with E-state index >= 15 is 0 Å². The number of ether oxygens (including phenoxy) is 1. The molecule has 0 bridgehead atoms. The standard InChI is InChI=1S/C23H20F2N2O3S/c24-23(25)30-19-11-10-17(13-16(19)12-15-6-2-1-3-7-15)27-22(29)18-8-4-5-9-20(18)31-14-21(26)28/h1-11,13,23H,12,14H2,(H2,26,28)(H,27,29). The zero-order chi connectivity index (χ0) is 22.2. The molecule has 0 aliphatic rings. The van der Waals surface area contributed by atoms with Gasteiger partial charge < -0.3 is 15.8 Å². The van der Waals surface area contributed by atoms with Gasteiger partial charge in [0.1, 0.15) is 5.75 Å². The van der Waals surface area contributed by atoms with Crippen LogP contribution in [0.4, 0.5) is 14.5 Å². The molecule has 3 rings (SSSR count). The van der Waals surface area contributed by atoms with E-state index in [0.717, 1.165) is 5.56 Å². The topological polar surface area (TPSA) is 81.4 Å². The predicted molar refractivity (Wildman–Crippen MR) is 117 cm³/mol. The van der Waals surface area contributed by atoms with Crippen LogP contribution in [0, 0.1) is 0 Å². The Kier molecular flexibility index (Phi) is 7.61. The second-order valence-electron chi connectivity index (χ2n) is 6.57. The minimum atomic E-state index is -2.95.